The summed E-state index contributed by atoms with van der Waals surface area (Å²) in [5, 5.41) is 2.39. The highest BCUT2D eigenvalue weighted by Gasteiger charge is 2.26. The van der Waals surface area contributed by atoms with Gasteiger partial charge >= 0.3 is 0 Å². The quantitative estimate of drug-likeness (QED) is 0.718. The monoisotopic (exact) mass is 219 g/mol. The normalized spacial score (nSPS) is 31.4. The Morgan fingerprint density at radius 2 is 2.07 bits per heavy atom. The molecule has 1 saturated heterocycles. The molecule has 1 aliphatic heterocycles. The Morgan fingerprint density at radius 3 is 2.64 bits per heavy atom. The molecular formula is C11H25NOSi. The van der Waals surface area contributed by atoms with Gasteiger partial charge in [-0.1, -0.05) is 19.8 Å². The number of nitrogens with one attached hydrogen (secondary N) is 1. The van der Waals surface area contributed by atoms with Gasteiger partial charge in [-0.2, -0.15) is 0 Å². The van der Waals surface area contributed by atoms with E-state index in [-0.39, 0.29) is 18.9 Å². The summed E-state index contributed by atoms with van der Waals surface area (Å²) in [5.41, 5.74) is 0. The van der Waals surface area contributed by atoms with Crippen LogP contribution in [0.15, 0.2) is 0 Å². The average molecular weight is 219 g/mol. The third kappa shape index (κ3) is 4.58. The summed E-state index contributed by atoms with van der Waals surface area (Å²) in [7, 11) is -1.80. The lowest BCUT2D eigenvalue weighted by Gasteiger charge is -2.32. The Bertz CT molecular complexity index is 270. The Balaban J connectivity index is 2.61. The first-order chi connectivity index (χ1) is 8.05. The fraction of sp³-hybridized carbons (Fsp3) is 1.00. The van der Waals surface area contributed by atoms with Gasteiger partial charge in [0.1, 0.15) is 0 Å². The number of hydrogen-bond donors (Lipinski definition) is 1. The van der Waals surface area contributed by atoms with Crippen molar-refractivity contribution in [2.75, 3.05) is 13.0 Å². The largest absolute Gasteiger partial charge is 0.414 e. The molecule has 0 amide bonds. The molecule has 0 aromatic rings. The van der Waals surface area contributed by atoms with Crippen molar-refractivity contribution in [2.24, 2.45) is 0 Å². The summed E-state index contributed by atoms with van der Waals surface area (Å²) in [6.45, 7) is 3.06. The van der Waals surface area contributed by atoms with Crippen molar-refractivity contribution in [3.8, 4) is 0 Å². The van der Waals surface area contributed by atoms with Crippen LogP contribution in [0.25, 0.3) is 0 Å². The molecule has 0 aromatic heterocycles. The first-order valence-corrected chi connectivity index (χ1v) is 8.64. The molecule has 0 saturated carbocycles. The average Bonchev–Trinajstić information content (AvgIpc) is 2.08. The van der Waals surface area contributed by atoms with Crippen LogP contribution in [0, 0.1) is 0 Å². The van der Waals surface area contributed by atoms with E-state index in [2.05, 4.69) is 25.3 Å². The van der Waals surface area contributed by atoms with Crippen LogP contribution in [0.5, 0.6) is 0 Å². The molecule has 84 valence electrons. The Hall–Kier alpha value is 0.137. The van der Waals surface area contributed by atoms with Crippen molar-refractivity contribution in [2.45, 2.75) is 57.8 Å². The molecule has 1 rings (SSSR count). The molecule has 2 nitrogen and oxygen atoms in total. The van der Waals surface area contributed by atoms with Crippen molar-refractivity contribution in [3.05, 3.63) is 0 Å². The Labute approximate surface area is 95.2 Å². The zero-order chi connectivity index (χ0) is 14.0. The van der Waals surface area contributed by atoms with Crippen molar-refractivity contribution in [1.29, 1.82) is 0 Å². The predicted octanol–water partition coefficient (Wildman–Crippen LogP) is 2.76. The van der Waals surface area contributed by atoms with E-state index < -0.39 is 21.3 Å². The van der Waals surface area contributed by atoms with Gasteiger partial charge in [-0.25, -0.2) is 0 Å². The summed E-state index contributed by atoms with van der Waals surface area (Å²) >= 11 is 0. The van der Waals surface area contributed by atoms with Crippen molar-refractivity contribution in [3.63, 3.8) is 0 Å². The topological polar surface area (TPSA) is 21.3 Å². The first kappa shape index (κ1) is 7.42. The van der Waals surface area contributed by atoms with Crippen LogP contribution in [0.4, 0.5) is 0 Å². The molecule has 0 bridgehead atoms. The molecule has 14 heavy (non-hydrogen) atoms. The summed E-state index contributed by atoms with van der Waals surface area (Å²) < 4.78 is 36.9. The van der Waals surface area contributed by atoms with Gasteiger partial charge in [-0.05, 0) is 45.0 Å². The summed E-state index contributed by atoms with van der Waals surface area (Å²) in [4.78, 5) is 0. The SMILES string of the molecule is [2H]C1([2H])CC(O[Si](C)(C)CCCC)CC([2H])([2H])N1. The highest BCUT2D eigenvalue weighted by atomic mass is 28.4. The Morgan fingerprint density at radius 1 is 1.43 bits per heavy atom. The number of rotatable bonds is 5. The zero-order valence-corrected chi connectivity index (χ0v) is 10.5. The lowest BCUT2D eigenvalue weighted by atomic mass is 10.1. The van der Waals surface area contributed by atoms with E-state index in [4.69, 9.17) is 9.91 Å². The molecule has 1 heterocycles. The lowest BCUT2D eigenvalue weighted by molar-refractivity contribution is 0.152. The van der Waals surface area contributed by atoms with Gasteiger partial charge in [-0.15, -0.1) is 0 Å². The maximum atomic E-state index is 7.71. The number of hydrogen-bond acceptors (Lipinski definition) is 2. The smallest absolute Gasteiger partial charge is 0.187 e. The second-order valence-electron chi connectivity index (χ2n) is 4.49. The molecule has 0 radical (unpaired) electrons. The predicted molar refractivity (Wildman–Crippen MR) is 64.2 cm³/mol. The maximum absolute atomic E-state index is 7.71. The molecule has 0 aliphatic carbocycles. The number of unbranched alkanes of at least 4 members (excludes halogenated alkanes) is 1. The lowest BCUT2D eigenvalue weighted by Crippen LogP contribution is -2.40. The fourth-order valence-electron chi connectivity index (χ4n) is 1.66. The maximum Gasteiger partial charge on any atom is 0.187 e. The minimum Gasteiger partial charge on any atom is -0.414 e. The highest BCUT2D eigenvalue weighted by molar-refractivity contribution is 6.71. The van der Waals surface area contributed by atoms with Gasteiger partial charge in [-0.3, -0.25) is 0 Å². The molecule has 1 fully saturated rings. The van der Waals surface area contributed by atoms with Gasteiger partial charge in [0.05, 0.1) is 0 Å². The molecule has 1 aliphatic rings. The second-order valence-corrected chi connectivity index (χ2v) is 8.74. The van der Waals surface area contributed by atoms with Gasteiger partial charge in [0, 0.05) is 11.6 Å². The standard InChI is InChI=1S/C11H25NOSi/c1-4-5-10-14(2,3)13-11-6-8-12-9-7-11/h11-12H,4-10H2,1-3H3/i8D2,9D2. The van der Waals surface area contributed by atoms with E-state index >= 15 is 0 Å². The minimum absolute atomic E-state index is 0.231. The van der Waals surface area contributed by atoms with Crippen LogP contribution >= 0.6 is 0 Å². The van der Waals surface area contributed by atoms with Gasteiger partial charge in [0.2, 0.25) is 0 Å². The van der Waals surface area contributed by atoms with E-state index in [0.29, 0.717) is 0 Å². The summed E-state index contributed by atoms with van der Waals surface area (Å²) in [6.07, 6.45) is 2.41. The van der Waals surface area contributed by atoms with Gasteiger partial charge in [0.25, 0.3) is 0 Å². The third-order valence-corrected chi connectivity index (χ3v) is 4.98. The minimum atomic E-state index is -1.80. The molecule has 0 aromatic carbocycles. The van der Waals surface area contributed by atoms with Gasteiger partial charge in [0.15, 0.2) is 8.32 Å². The number of piperidine rings is 1. The van der Waals surface area contributed by atoms with E-state index in [1.165, 1.54) is 0 Å². The summed E-state index contributed by atoms with van der Waals surface area (Å²) in [6, 6.07) is 1.05. The van der Waals surface area contributed by atoms with Crippen molar-refractivity contribution in [1.82, 2.24) is 5.32 Å². The molecular weight excluding hydrogens is 190 g/mol. The Kier molecular flexibility index (Phi) is 3.12. The van der Waals surface area contributed by atoms with Crippen molar-refractivity contribution >= 4 is 8.32 Å². The molecule has 0 atom stereocenters. The van der Waals surface area contributed by atoms with Crippen LogP contribution < -0.4 is 5.32 Å². The molecule has 0 spiro atoms. The van der Waals surface area contributed by atoms with Gasteiger partial charge < -0.3 is 9.74 Å². The fourth-order valence-corrected chi connectivity index (χ4v) is 4.05. The molecule has 3 heteroatoms. The highest BCUT2D eigenvalue weighted by Crippen LogP contribution is 2.20. The van der Waals surface area contributed by atoms with Crippen LogP contribution in [0.3, 0.4) is 0 Å². The van der Waals surface area contributed by atoms with E-state index in [1.54, 1.807) is 0 Å². The molecule has 1 N–H and O–H groups in total. The van der Waals surface area contributed by atoms with E-state index in [1.807, 2.05) is 0 Å². The molecule has 0 unspecified atom stereocenters. The van der Waals surface area contributed by atoms with E-state index in [9.17, 15) is 0 Å². The van der Waals surface area contributed by atoms with Crippen LogP contribution in [0.2, 0.25) is 19.1 Å². The second kappa shape index (κ2) is 5.88. The summed E-state index contributed by atoms with van der Waals surface area (Å²) in [5.74, 6) is 0. The third-order valence-electron chi connectivity index (χ3n) is 2.45. The van der Waals surface area contributed by atoms with Crippen LogP contribution in [-0.2, 0) is 4.43 Å². The van der Waals surface area contributed by atoms with Crippen LogP contribution in [-0.4, -0.2) is 27.4 Å². The first-order valence-electron chi connectivity index (χ1n) is 7.52. The van der Waals surface area contributed by atoms with E-state index in [0.717, 1.165) is 18.9 Å². The zero-order valence-electron chi connectivity index (χ0n) is 13.5. The van der Waals surface area contributed by atoms with Crippen molar-refractivity contribution < 1.29 is 9.91 Å². The van der Waals surface area contributed by atoms with Crippen LogP contribution in [0.1, 0.15) is 38.1 Å².